The topological polar surface area (TPSA) is 36.9 Å². The number of ether oxygens (including phenoxy) is 4. The third kappa shape index (κ3) is 3.06. The summed E-state index contributed by atoms with van der Waals surface area (Å²) in [5, 5.41) is 0. The van der Waals surface area contributed by atoms with Crippen molar-refractivity contribution in [2.24, 2.45) is 17.3 Å². The fourth-order valence-corrected chi connectivity index (χ4v) is 6.15. The van der Waals surface area contributed by atoms with Crippen LogP contribution in [0.25, 0.3) is 0 Å². The highest BCUT2D eigenvalue weighted by Crippen LogP contribution is 2.61. The number of fused-ring (bicyclic) bond motifs is 5. The van der Waals surface area contributed by atoms with Crippen LogP contribution in [0.1, 0.15) is 56.1 Å². The van der Waals surface area contributed by atoms with Crippen molar-refractivity contribution in [2.45, 2.75) is 57.5 Å². The number of hydrogen-bond donors (Lipinski definition) is 0. The molecule has 1 aromatic carbocycles. The molecule has 0 aliphatic heterocycles. The van der Waals surface area contributed by atoms with E-state index in [1.807, 2.05) is 0 Å². The molecule has 0 aromatic heterocycles. The lowest BCUT2D eigenvalue weighted by molar-refractivity contribution is -0.125. The van der Waals surface area contributed by atoms with Crippen molar-refractivity contribution < 1.29 is 18.9 Å². The van der Waals surface area contributed by atoms with Crippen LogP contribution in [-0.4, -0.2) is 33.9 Å². The average molecular weight is 360 g/mol. The molecule has 0 amide bonds. The summed E-state index contributed by atoms with van der Waals surface area (Å²) < 4.78 is 21.9. The quantitative estimate of drug-likeness (QED) is 0.699. The van der Waals surface area contributed by atoms with Crippen LogP contribution in [0.5, 0.6) is 5.75 Å². The minimum absolute atomic E-state index is 0.314. The van der Waals surface area contributed by atoms with Crippen LogP contribution >= 0.6 is 0 Å². The SMILES string of the molecule is COCOc1ccc2c(c1)CC[C@@H]1[C@@H]2CC[C@]2(C)[C@@H](OCOC)CC[C@@H]12. The third-order valence-electron chi connectivity index (χ3n) is 7.34. The number of rotatable bonds is 6. The first-order valence-electron chi connectivity index (χ1n) is 10.0. The van der Waals surface area contributed by atoms with Gasteiger partial charge in [-0.1, -0.05) is 13.0 Å². The summed E-state index contributed by atoms with van der Waals surface area (Å²) in [7, 11) is 3.38. The molecule has 1 aromatic rings. The first-order chi connectivity index (χ1) is 12.7. The Balaban J connectivity index is 1.53. The molecule has 2 fully saturated rings. The maximum absolute atomic E-state index is 6.08. The molecule has 0 unspecified atom stereocenters. The van der Waals surface area contributed by atoms with Gasteiger partial charge in [0.25, 0.3) is 0 Å². The van der Waals surface area contributed by atoms with E-state index in [0.717, 1.165) is 24.0 Å². The molecule has 5 atom stereocenters. The van der Waals surface area contributed by atoms with Crippen LogP contribution in [0.4, 0.5) is 0 Å². The Bertz CT molecular complexity index is 631. The molecule has 3 aliphatic carbocycles. The van der Waals surface area contributed by atoms with E-state index in [4.69, 9.17) is 18.9 Å². The molecule has 4 nitrogen and oxygen atoms in total. The predicted octanol–water partition coefficient (Wildman–Crippen LogP) is 4.51. The Morgan fingerprint density at radius 2 is 1.88 bits per heavy atom. The molecule has 4 heteroatoms. The van der Waals surface area contributed by atoms with Crippen LogP contribution in [0.2, 0.25) is 0 Å². The van der Waals surface area contributed by atoms with Gasteiger partial charge in [-0.25, -0.2) is 0 Å². The lowest BCUT2D eigenvalue weighted by atomic mass is 9.55. The van der Waals surface area contributed by atoms with Crippen molar-refractivity contribution in [1.82, 2.24) is 0 Å². The number of methoxy groups -OCH3 is 2. The highest BCUT2D eigenvalue weighted by atomic mass is 16.7. The van der Waals surface area contributed by atoms with Crippen LogP contribution in [0.15, 0.2) is 18.2 Å². The van der Waals surface area contributed by atoms with Crippen molar-refractivity contribution in [1.29, 1.82) is 0 Å². The van der Waals surface area contributed by atoms with E-state index in [0.29, 0.717) is 31.0 Å². The minimum atomic E-state index is 0.314. The lowest BCUT2D eigenvalue weighted by Crippen LogP contribution is -2.44. The average Bonchev–Trinajstić information content (AvgIpc) is 3.00. The van der Waals surface area contributed by atoms with Crippen molar-refractivity contribution in [2.75, 3.05) is 27.8 Å². The molecule has 0 radical (unpaired) electrons. The number of hydrogen-bond acceptors (Lipinski definition) is 4. The molecular formula is C22H32O4. The second-order valence-electron chi connectivity index (χ2n) is 8.51. The van der Waals surface area contributed by atoms with Crippen molar-refractivity contribution in [3.63, 3.8) is 0 Å². The summed E-state index contributed by atoms with van der Waals surface area (Å²) in [6.07, 6.45) is 7.84. The van der Waals surface area contributed by atoms with Gasteiger partial charge in [-0.05, 0) is 85.0 Å². The standard InChI is InChI=1S/C22H32O4/c1-22-11-10-18-17-7-5-16(25-13-23-2)12-15(17)4-6-19(18)20(22)8-9-21(22)26-14-24-3/h5,7,12,18-21H,4,6,8-11,13-14H2,1-3H3/t18-,19-,20+,21+,22+/m1/s1. The van der Waals surface area contributed by atoms with Gasteiger partial charge >= 0.3 is 0 Å². The van der Waals surface area contributed by atoms with E-state index in [1.165, 1.54) is 37.7 Å². The van der Waals surface area contributed by atoms with Gasteiger partial charge in [0.1, 0.15) is 12.5 Å². The van der Waals surface area contributed by atoms with E-state index >= 15 is 0 Å². The number of benzene rings is 1. The number of aryl methyl sites for hydroxylation is 1. The Morgan fingerprint density at radius 3 is 2.69 bits per heavy atom. The molecule has 0 N–H and O–H groups in total. The maximum Gasteiger partial charge on any atom is 0.188 e. The summed E-state index contributed by atoms with van der Waals surface area (Å²) in [6, 6.07) is 6.67. The molecule has 0 spiro atoms. The smallest absolute Gasteiger partial charge is 0.188 e. The minimum Gasteiger partial charge on any atom is -0.468 e. The highest BCUT2D eigenvalue weighted by Gasteiger charge is 2.55. The monoisotopic (exact) mass is 360 g/mol. The van der Waals surface area contributed by atoms with E-state index in [9.17, 15) is 0 Å². The summed E-state index contributed by atoms with van der Waals surface area (Å²) in [6.45, 7) is 3.21. The van der Waals surface area contributed by atoms with E-state index in [1.54, 1.807) is 19.8 Å². The second-order valence-corrected chi connectivity index (χ2v) is 8.51. The summed E-state index contributed by atoms with van der Waals surface area (Å²) in [5.74, 6) is 3.21. The van der Waals surface area contributed by atoms with E-state index in [-0.39, 0.29) is 0 Å². The summed E-state index contributed by atoms with van der Waals surface area (Å²) >= 11 is 0. The van der Waals surface area contributed by atoms with Crippen molar-refractivity contribution in [3.8, 4) is 5.75 Å². The fourth-order valence-electron chi connectivity index (χ4n) is 6.15. The van der Waals surface area contributed by atoms with Gasteiger partial charge in [-0.2, -0.15) is 0 Å². The predicted molar refractivity (Wildman–Crippen MR) is 100 cm³/mol. The first kappa shape index (κ1) is 18.3. The summed E-state index contributed by atoms with van der Waals surface area (Å²) in [5.41, 5.74) is 3.36. The molecule has 2 saturated carbocycles. The lowest BCUT2D eigenvalue weighted by Gasteiger charge is -2.50. The van der Waals surface area contributed by atoms with Crippen LogP contribution in [-0.2, 0) is 20.6 Å². The highest BCUT2D eigenvalue weighted by molar-refractivity contribution is 5.40. The van der Waals surface area contributed by atoms with Gasteiger partial charge < -0.3 is 18.9 Å². The Morgan fingerprint density at radius 1 is 1.04 bits per heavy atom. The normalized spacial score (nSPS) is 35.5. The van der Waals surface area contributed by atoms with E-state index in [2.05, 4.69) is 25.1 Å². The molecule has 3 aliphatic rings. The summed E-state index contributed by atoms with van der Waals surface area (Å²) in [4.78, 5) is 0. The fraction of sp³-hybridized carbons (Fsp3) is 0.727. The van der Waals surface area contributed by atoms with Crippen LogP contribution in [0.3, 0.4) is 0 Å². The third-order valence-corrected chi connectivity index (χ3v) is 7.34. The molecule has 0 saturated heterocycles. The van der Waals surface area contributed by atoms with Gasteiger partial charge in [0.05, 0.1) is 6.10 Å². The first-order valence-corrected chi connectivity index (χ1v) is 10.0. The molecule has 144 valence electrons. The maximum atomic E-state index is 6.08. The Labute approximate surface area is 157 Å². The Hall–Kier alpha value is -1.10. The van der Waals surface area contributed by atoms with Gasteiger partial charge in [0, 0.05) is 14.2 Å². The van der Waals surface area contributed by atoms with Gasteiger partial charge in [0.15, 0.2) is 6.79 Å². The molecule has 4 rings (SSSR count). The van der Waals surface area contributed by atoms with E-state index < -0.39 is 0 Å². The van der Waals surface area contributed by atoms with Crippen molar-refractivity contribution >= 4 is 0 Å². The Kier molecular flexibility index (Phi) is 5.27. The van der Waals surface area contributed by atoms with Crippen LogP contribution in [0, 0.1) is 17.3 Å². The van der Waals surface area contributed by atoms with Gasteiger partial charge in [-0.15, -0.1) is 0 Å². The zero-order valence-electron chi connectivity index (χ0n) is 16.3. The second kappa shape index (κ2) is 7.49. The zero-order valence-corrected chi connectivity index (χ0v) is 16.3. The van der Waals surface area contributed by atoms with Crippen molar-refractivity contribution in [3.05, 3.63) is 29.3 Å². The zero-order chi connectivity index (χ0) is 18.1. The van der Waals surface area contributed by atoms with Gasteiger partial charge in [0.2, 0.25) is 0 Å². The van der Waals surface area contributed by atoms with Gasteiger partial charge in [-0.3, -0.25) is 0 Å². The molecule has 0 bridgehead atoms. The molecular weight excluding hydrogens is 328 g/mol. The molecule has 26 heavy (non-hydrogen) atoms. The van der Waals surface area contributed by atoms with Crippen LogP contribution < -0.4 is 4.74 Å². The molecule has 0 heterocycles. The largest absolute Gasteiger partial charge is 0.468 e.